The van der Waals surface area contributed by atoms with E-state index in [0.717, 1.165) is 5.52 Å². The third kappa shape index (κ3) is 5.96. The highest BCUT2D eigenvalue weighted by atomic mass is 19.1. The first-order valence-corrected chi connectivity index (χ1v) is 17.1. The fourth-order valence-electron chi connectivity index (χ4n) is 7.46. The molecule has 1 saturated heterocycles. The van der Waals surface area contributed by atoms with Gasteiger partial charge in [0.2, 0.25) is 11.9 Å². The van der Waals surface area contributed by atoms with Crippen molar-refractivity contribution in [1.82, 2.24) is 44.2 Å². The van der Waals surface area contributed by atoms with E-state index in [1.165, 1.54) is 30.6 Å². The molecule has 2 aliphatic rings. The maximum atomic E-state index is 15.0. The third-order valence-corrected chi connectivity index (χ3v) is 9.68. The Kier molecular flexibility index (Phi) is 8.71. The number of amides is 1. The van der Waals surface area contributed by atoms with Crippen molar-refractivity contribution in [3.05, 3.63) is 78.1 Å². The van der Waals surface area contributed by atoms with Crippen molar-refractivity contribution < 1.29 is 23.0 Å². The number of imidazole rings is 1. The van der Waals surface area contributed by atoms with Gasteiger partial charge in [-0.1, -0.05) is 0 Å². The molecule has 8 rings (SSSR count). The average Bonchev–Trinajstić information content (AvgIpc) is 3.83. The van der Waals surface area contributed by atoms with E-state index in [1.807, 2.05) is 23.3 Å². The number of aromatic nitrogens is 8. The lowest BCUT2D eigenvalue weighted by Gasteiger charge is -2.31. The number of anilines is 2. The molecule has 0 aliphatic carbocycles. The Balaban J connectivity index is 1.22. The minimum atomic E-state index is -0.623. The second-order valence-corrected chi connectivity index (χ2v) is 13.1. The highest BCUT2D eigenvalue weighted by molar-refractivity contribution is 5.93. The van der Waals surface area contributed by atoms with Gasteiger partial charge in [-0.05, 0) is 50.6 Å². The van der Waals surface area contributed by atoms with Crippen LogP contribution < -0.4 is 10.2 Å². The highest BCUT2D eigenvalue weighted by Crippen LogP contribution is 2.34. The molecule has 0 saturated carbocycles. The normalized spacial score (nSPS) is 19.3. The molecule has 4 bridgehead atoms. The Morgan fingerprint density at radius 2 is 1.88 bits per heavy atom. The van der Waals surface area contributed by atoms with Crippen LogP contribution in [-0.4, -0.2) is 102 Å². The molecule has 1 amide bonds. The largest absolute Gasteiger partial charge is 0.380 e. The van der Waals surface area contributed by atoms with E-state index < -0.39 is 18.0 Å². The van der Waals surface area contributed by atoms with Crippen LogP contribution in [-0.2, 0) is 27.4 Å². The van der Waals surface area contributed by atoms with Gasteiger partial charge in [-0.15, -0.1) is 0 Å². The Morgan fingerprint density at radius 3 is 2.71 bits per heavy atom. The quantitative estimate of drug-likeness (QED) is 0.265. The first-order chi connectivity index (χ1) is 25.2. The summed E-state index contributed by atoms with van der Waals surface area (Å²) in [6.07, 6.45) is 4.75. The summed E-state index contributed by atoms with van der Waals surface area (Å²) in [4.78, 5) is 41.4. The highest BCUT2D eigenvalue weighted by Gasteiger charge is 2.41. The average molecular weight is 710 g/mol. The van der Waals surface area contributed by atoms with Gasteiger partial charge in [-0.2, -0.15) is 5.10 Å². The summed E-state index contributed by atoms with van der Waals surface area (Å²) in [5.74, 6) is 0.627. The topological polar surface area (TPSA) is 141 Å². The van der Waals surface area contributed by atoms with Crippen molar-refractivity contribution in [2.24, 2.45) is 0 Å². The van der Waals surface area contributed by atoms with E-state index in [0.29, 0.717) is 89.3 Å². The number of methoxy groups -OCH3 is 1. The van der Waals surface area contributed by atoms with Crippen LogP contribution in [0.15, 0.2) is 55.1 Å². The summed E-state index contributed by atoms with van der Waals surface area (Å²) in [5, 5.41) is 8.69. The van der Waals surface area contributed by atoms with Crippen molar-refractivity contribution in [1.29, 1.82) is 0 Å². The maximum Gasteiger partial charge on any atom is 0.245 e. The number of hydrogen-bond acceptors (Lipinski definition) is 11. The van der Waals surface area contributed by atoms with Crippen LogP contribution in [0.25, 0.3) is 39.0 Å². The van der Waals surface area contributed by atoms with E-state index in [2.05, 4.69) is 30.4 Å². The van der Waals surface area contributed by atoms with Crippen LogP contribution >= 0.6 is 0 Å². The molecule has 52 heavy (non-hydrogen) atoms. The Labute approximate surface area is 297 Å². The molecule has 0 unspecified atom stereocenters. The molecule has 268 valence electrons. The van der Waals surface area contributed by atoms with Gasteiger partial charge >= 0.3 is 0 Å². The molecule has 14 nitrogen and oxygen atoms in total. The molecule has 0 spiro atoms. The molecule has 0 radical (unpaired) electrons. The number of benzene rings is 2. The number of aryl methyl sites for hydroxylation is 1. The first-order valence-electron chi connectivity index (χ1n) is 17.1. The van der Waals surface area contributed by atoms with Crippen molar-refractivity contribution in [2.45, 2.75) is 51.6 Å². The van der Waals surface area contributed by atoms with Gasteiger partial charge < -0.3 is 29.2 Å². The summed E-state index contributed by atoms with van der Waals surface area (Å²) in [5.41, 5.74) is 4.06. The number of likely N-dealkylation sites (N-methyl/N-ethyl adjacent to an activating group) is 1. The van der Waals surface area contributed by atoms with E-state index in [4.69, 9.17) is 14.5 Å². The Bertz CT molecular complexity index is 2310. The molecular formula is C36H37F2N11O3. The van der Waals surface area contributed by atoms with Crippen LogP contribution in [0, 0.1) is 18.6 Å². The van der Waals surface area contributed by atoms with E-state index >= 15 is 4.39 Å². The fraction of sp³-hybridized carbons (Fsp3) is 0.361. The summed E-state index contributed by atoms with van der Waals surface area (Å²) < 4.78 is 44.4. The number of fused-ring (bicyclic) bond motifs is 6. The van der Waals surface area contributed by atoms with E-state index in [9.17, 15) is 9.18 Å². The standard InChI is InChI=1S/C36H37F2N11O3/c1-5-52-25-16-46(3)35(50)31-13-24(44-36-39-9-8-28(45-36)26-11-23(38)12-29-32(26)47(17-25)20(2)43-29)15-48(31)33-27-14-42-49(34(27)41-19-40-33)30-7-6-22(37)10-21(30)18-51-4/h6-12,14,19,24-25,31H,5,13,15-18H2,1-4H3,(H,39,44,45)/t24-,25-,31-/m0/s1. The summed E-state index contributed by atoms with van der Waals surface area (Å²) in [6.45, 7) is 5.44. The van der Waals surface area contributed by atoms with Gasteiger partial charge in [0.25, 0.3) is 0 Å². The van der Waals surface area contributed by atoms with Gasteiger partial charge in [-0.3, -0.25) is 4.79 Å². The zero-order chi connectivity index (χ0) is 36.1. The van der Waals surface area contributed by atoms with Crippen LogP contribution in [0.1, 0.15) is 24.7 Å². The van der Waals surface area contributed by atoms with Gasteiger partial charge in [0.1, 0.15) is 35.6 Å². The summed E-state index contributed by atoms with van der Waals surface area (Å²) in [6, 6.07) is 8.15. The van der Waals surface area contributed by atoms with Crippen molar-refractivity contribution in [3.8, 4) is 16.9 Å². The second kappa shape index (κ2) is 13.5. The zero-order valence-electron chi connectivity index (χ0n) is 29.1. The number of rotatable bonds is 6. The smallest absolute Gasteiger partial charge is 0.245 e. The minimum absolute atomic E-state index is 0.117. The fourth-order valence-corrected chi connectivity index (χ4v) is 7.46. The van der Waals surface area contributed by atoms with E-state index in [1.54, 1.807) is 48.3 Å². The molecule has 6 aromatic rings. The lowest BCUT2D eigenvalue weighted by molar-refractivity contribution is -0.133. The van der Waals surface area contributed by atoms with Crippen LogP contribution in [0.4, 0.5) is 20.5 Å². The predicted molar refractivity (Wildman–Crippen MR) is 189 cm³/mol. The van der Waals surface area contributed by atoms with Crippen LogP contribution in [0.3, 0.4) is 0 Å². The van der Waals surface area contributed by atoms with Crippen LogP contribution in [0.2, 0.25) is 0 Å². The first kappa shape index (κ1) is 33.5. The van der Waals surface area contributed by atoms with Crippen LogP contribution in [0.5, 0.6) is 0 Å². The number of halogens is 2. The summed E-state index contributed by atoms with van der Waals surface area (Å²) >= 11 is 0. The summed E-state index contributed by atoms with van der Waals surface area (Å²) in [7, 11) is 3.32. The molecule has 1 N–H and O–H groups in total. The number of carbonyl (C=O) groups is 1. The minimum Gasteiger partial charge on any atom is -0.380 e. The third-order valence-electron chi connectivity index (χ3n) is 9.68. The lowest BCUT2D eigenvalue weighted by atomic mass is 10.1. The molecule has 6 heterocycles. The van der Waals surface area contributed by atoms with Gasteiger partial charge in [0, 0.05) is 63.3 Å². The second-order valence-electron chi connectivity index (χ2n) is 13.1. The molecule has 2 aliphatic heterocycles. The molecule has 1 fully saturated rings. The van der Waals surface area contributed by atoms with Crippen molar-refractivity contribution in [2.75, 3.05) is 44.1 Å². The number of nitrogens with one attached hydrogen (secondary N) is 1. The molecular weight excluding hydrogens is 672 g/mol. The van der Waals surface area contributed by atoms with Gasteiger partial charge in [0.05, 0.1) is 53.3 Å². The number of hydrogen-bond donors (Lipinski definition) is 1. The molecule has 4 aromatic heterocycles. The van der Waals surface area contributed by atoms with Gasteiger partial charge in [0.15, 0.2) is 5.65 Å². The van der Waals surface area contributed by atoms with Crippen molar-refractivity contribution >= 4 is 39.7 Å². The zero-order valence-corrected chi connectivity index (χ0v) is 29.1. The molecule has 2 aromatic carbocycles. The lowest BCUT2D eigenvalue weighted by Crippen LogP contribution is -2.47. The Hall–Kier alpha value is -5.61. The van der Waals surface area contributed by atoms with Gasteiger partial charge in [-0.25, -0.2) is 38.4 Å². The SMILES string of the molecule is CCO[C@H]1CN(C)C(=O)[C@@H]2C[C@@H](CN2c2ncnc3c2cnn3-c2ccc(F)cc2COC)Nc2nccc(n2)-c2cc(F)cc3nc(C)n(c23)C1. The molecule has 3 atom stereocenters. The molecule has 16 heteroatoms. The monoisotopic (exact) mass is 709 g/mol. The number of carbonyl (C=O) groups excluding carboxylic acids is 1. The number of nitrogens with zero attached hydrogens (tertiary/aromatic N) is 10. The van der Waals surface area contributed by atoms with E-state index in [-0.39, 0.29) is 24.4 Å². The number of ether oxygens (including phenoxy) is 2. The Morgan fingerprint density at radius 1 is 1.02 bits per heavy atom. The maximum absolute atomic E-state index is 15.0. The predicted octanol–water partition coefficient (Wildman–Crippen LogP) is 4.29. The van der Waals surface area contributed by atoms with Crippen molar-refractivity contribution in [3.63, 3.8) is 0 Å².